The van der Waals surface area contributed by atoms with Gasteiger partial charge in [0.15, 0.2) is 0 Å². The minimum absolute atomic E-state index is 0.236. The van der Waals surface area contributed by atoms with E-state index in [0.717, 1.165) is 25.3 Å². The molecule has 2 aromatic rings. The van der Waals surface area contributed by atoms with Crippen molar-refractivity contribution < 1.29 is 9.53 Å². The number of nitrogens with zero attached hydrogens (tertiary/aromatic N) is 3. The van der Waals surface area contributed by atoms with Gasteiger partial charge in [0.2, 0.25) is 0 Å². The molecule has 1 fully saturated rings. The summed E-state index contributed by atoms with van der Waals surface area (Å²) in [6.45, 7) is 1.96. The number of thioether (sulfide) groups is 1. The van der Waals surface area contributed by atoms with E-state index in [0.29, 0.717) is 11.1 Å². The molecule has 0 spiro atoms. The van der Waals surface area contributed by atoms with Crippen LogP contribution in [0.25, 0.3) is 0 Å². The lowest BCUT2D eigenvalue weighted by Gasteiger charge is -2.19. The summed E-state index contributed by atoms with van der Waals surface area (Å²) >= 11 is 1.32. The molecule has 0 saturated carbocycles. The smallest absolute Gasteiger partial charge is 0.316 e. The summed E-state index contributed by atoms with van der Waals surface area (Å²) in [7, 11) is 1.38. The SMILES string of the molecule is COC(=O)CSc1cncc(NC2CCN(c3ccccc3)C2)n1. The van der Waals surface area contributed by atoms with Gasteiger partial charge in [0.05, 0.1) is 25.3 Å². The first kappa shape index (κ1) is 16.6. The number of nitrogens with one attached hydrogen (secondary N) is 1. The molecule has 0 bridgehead atoms. The van der Waals surface area contributed by atoms with Crippen LogP contribution >= 0.6 is 11.8 Å². The summed E-state index contributed by atoms with van der Waals surface area (Å²) in [5, 5.41) is 4.15. The molecule has 0 amide bonds. The number of rotatable bonds is 6. The van der Waals surface area contributed by atoms with Crippen molar-refractivity contribution in [1.82, 2.24) is 9.97 Å². The second-order valence-corrected chi connectivity index (χ2v) is 6.51. The number of para-hydroxylation sites is 1. The van der Waals surface area contributed by atoms with E-state index in [-0.39, 0.29) is 11.7 Å². The summed E-state index contributed by atoms with van der Waals surface area (Å²) in [5.74, 6) is 0.707. The molecule has 1 aliphatic heterocycles. The second kappa shape index (κ2) is 8.01. The Bertz CT molecular complexity index is 683. The molecule has 1 atom stereocenters. The van der Waals surface area contributed by atoms with E-state index < -0.39 is 0 Å². The molecule has 0 aliphatic carbocycles. The lowest BCUT2D eigenvalue weighted by Crippen LogP contribution is -2.26. The number of carbonyl (C=O) groups excluding carboxylic acids is 1. The van der Waals surface area contributed by atoms with Crippen LogP contribution in [-0.2, 0) is 9.53 Å². The van der Waals surface area contributed by atoms with E-state index in [4.69, 9.17) is 0 Å². The molecule has 1 saturated heterocycles. The summed E-state index contributed by atoms with van der Waals surface area (Å²) in [5.41, 5.74) is 1.25. The van der Waals surface area contributed by atoms with Crippen LogP contribution in [0.3, 0.4) is 0 Å². The maximum atomic E-state index is 11.2. The van der Waals surface area contributed by atoms with Gasteiger partial charge in [0, 0.05) is 24.8 Å². The number of esters is 1. The fraction of sp³-hybridized carbons (Fsp3) is 0.353. The molecule has 2 heterocycles. The van der Waals surface area contributed by atoms with E-state index in [1.165, 1.54) is 24.6 Å². The molecule has 3 rings (SSSR count). The van der Waals surface area contributed by atoms with Crippen molar-refractivity contribution in [3.05, 3.63) is 42.7 Å². The Balaban J connectivity index is 1.56. The molecule has 1 N–H and O–H groups in total. The standard InChI is InChI=1S/C17H20N4O2S/c1-23-17(22)12-24-16-10-18-9-15(20-16)19-13-7-8-21(11-13)14-5-3-2-4-6-14/h2-6,9-10,13H,7-8,11-12H2,1H3,(H,19,20). The first-order valence-corrected chi connectivity index (χ1v) is 8.81. The third kappa shape index (κ3) is 4.38. The third-order valence-electron chi connectivity index (χ3n) is 3.84. The monoisotopic (exact) mass is 344 g/mol. The highest BCUT2D eigenvalue weighted by Crippen LogP contribution is 2.22. The Morgan fingerprint density at radius 2 is 2.21 bits per heavy atom. The molecule has 1 aliphatic rings. The van der Waals surface area contributed by atoms with Gasteiger partial charge in [-0.3, -0.25) is 9.78 Å². The largest absolute Gasteiger partial charge is 0.468 e. The Morgan fingerprint density at radius 1 is 1.38 bits per heavy atom. The Kier molecular flexibility index (Phi) is 5.53. The first-order valence-electron chi connectivity index (χ1n) is 7.83. The van der Waals surface area contributed by atoms with E-state index in [2.05, 4.69) is 49.2 Å². The molecule has 0 radical (unpaired) electrons. The summed E-state index contributed by atoms with van der Waals surface area (Å²) in [6.07, 6.45) is 4.42. The van der Waals surface area contributed by atoms with Crippen LogP contribution in [0.1, 0.15) is 6.42 Å². The zero-order valence-electron chi connectivity index (χ0n) is 13.5. The highest BCUT2D eigenvalue weighted by molar-refractivity contribution is 7.99. The van der Waals surface area contributed by atoms with Gasteiger partial charge >= 0.3 is 5.97 Å². The number of methoxy groups -OCH3 is 1. The zero-order chi connectivity index (χ0) is 16.8. The van der Waals surface area contributed by atoms with Crippen molar-refractivity contribution in [2.75, 3.05) is 36.2 Å². The van der Waals surface area contributed by atoms with Crippen molar-refractivity contribution >= 4 is 29.2 Å². The molecule has 1 unspecified atom stereocenters. The van der Waals surface area contributed by atoms with Crippen LogP contribution in [0.2, 0.25) is 0 Å². The lowest BCUT2D eigenvalue weighted by molar-refractivity contribution is -0.137. The third-order valence-corrected chi connectivity index (χ3v) is 4.71. The van der Waals surface area contributed by atoms with Crippen LogP contribution in [0, 0.1) is 0 Å². The van der Waals surface area contributed by atoms with Gasteiger partial charge in [0.25, 0.3) is 0 Å². The highest BCUT2D eigenvalue weighted by Gasteiger charge is 2.22. The molecule has 6 nitrogen and oxygen atoms in total. The normalized spacial score (nSPS) is 16.9. The van der Waals surface area contributed by atoms with E-state index >= 15 is 0 Å². The lowest BCUT2D eigenvalue weighted by atomic mass is 10.2. The van der Waals surface area contributed by atoms with Crippen LogP contribution < -0.4 is 10.2 Å². The zero-order valence-corrected chi connectivity index (χ0v) is 14.3. The number of ether oxygens (including phenoxy) is 1. The predicted molar refractivity (Wildman–Crippen MR) is 95.5 cm³/mol. The minimum Gasteiger partial charge on any atom is -0.468 e. The van der Waals surface area contributed by atoms with Crippen molar-refractivity contribution in [2.45, 2.75) is 17.5 Å². The van der Waals surface area contributed by atoms with Crippen LogP contribution in [0.4, 0.5) is 11.5 Å². The van der Waals surface area contributed by atoms with Gasteiger partial charge in [-0.05, 0) is 18.6 Å². The summed E-state index contributed by atoms with van der Waals surface area (Å²) in [4.78, 5) is 22.3. The molecular formula is C17H20N4O2S. The van der Waals surface area contributed by atoms with Gasteiger partial charge in [-0.1, -0.05) is 30.0 Å². The van der Waals surface area contributed by atoms with Crippen LogP contribution in [-0.4, -0.2) is 47.9 Å². The Hall–Kier alpha value is -2.28. The summed E-state index contributed by atoms with van der Waals surface area (Å²) < 4.78 is 4.63. The van der Waals surface area contributed by atoms with E-state index in [9.17, 15) is 4.79 Å². The number of anilines is 2. The van der Waals surface area contributed by atoms with Gasteiger partial charge < -0.3 is 15.0 Å². The fourth-order valence-electron chi connectivity index (χ4n) is 2.64. The minimum atomic E-state index is -0.269. The Morgan fingerprint density at radius 3 is 3.00 bits per heavy atom. The predicted octanol–water partition coefficient (Wildman–Crippen LogP) is 2.43. The van der Waals surface area contributed by atoms with E-state index in [1.54, 1.807) is 12.4 Å². The topological polar surface area (TPSA) is 67.3 Å². The average Bonchev–Trinajstić information content (AvgIpc) is 3.09. The maximum Gasteiger partial charge on any atom is 0.316 e. The van der Waals surface area contributed by atoms with Crippen molar-refractivity contribution in [3.8, 4) is 0 Å². The number of hydrogen-bond donors (Lipinski definition) is 1. The maximum absolute atomic E-state index is 11.2. The van der Waals surface area contributed by atoms with Gasteiger partial charge in [-0.15, -0.1) is 0 Å². The molecule has 126 valence electrons. The molecule has 24 heavy (non-hydrogen) atoms. The molecule has 7 heteroatoms. The number of hydrogen-bond acceptors (Lipinski definition) is 7. The van der Waals surface area contributed by atoms with E-state index in [1.807, 2.05) is 6.07 Å². The van der Waals surface area contributed by atoms with Gasteiger partial charge in [-0.25, -0.2) is 4.98 Å². The quantitative estimate of drug-likeness (QED) is 0.637. The van der Waals surface area contributed by atoms with Gasteiger partial charge in [0.1, 0.15) is 10.8 Å². The highest BCUT2D eigenvalue weighted by atomic mass is 32.2. The molecule has 1 aromatic heterocycles. The Labute approximate surface area is 145 Å². The number of benzene rings is 1. The molecular weight excluding hydrogens is 324 g/mol. The second-order valence-electron chi connectivity index (χ2n) is 5.52. The number of aromatic nitrogens is 2. The van der Waals surface area contributed by atoms with Gasteiger partial charge in [-0.2, -0.15) is 0 Å². The molecule has 1 aromatic carbocycles. The number of carbonyl (C=O) groups is 1. The van der Waals surface area contributed by atoms with Crippen molar-refractivity contribution in [3.63, 3.8) is 0 Å². The average molecular weight is 344 g/mol. The first-order chi connectivity index (χ1) is 11.7. The van der Waals surface area contributed by atoms with Crippen LogP contribution in [0.15, 0.2) is 47.8 Å². The van der Waals surface area contributed by atoms with Crippen molar-refractivity contribution in [1.29, 1.82) is 0 Å². The fourth-order valence-corrected chi connectivity index (χ4v) is 3.32. The van der Waals surface area contributed by atoms with Crippen molar-refractivity contribution in [2.24, 2.45) is 0 Å². The van der Waals surface area contributed by atoms with Crippen LogP contribution in [0.5, 0.6) is 0 Å². The summed E-state index contributed by atoms with van der Waals surface area (Å²) in [6, 6.07) is 10.7.